The van der Waals surface area contributed by atoms with E-state index in [2.05, 4.69) is 30.4 Å². The number of aliphatic hydroxyl groups excluding tert-OH is 1. The molecule has 0 bridgehead atoms. The molecule has 0 amide bonds. The van der Waals surface area contributed by atoms with E-state index in [1.807, 2.05) is 0 Å². The molecule has 2 N–H and O–H groups in total. The van der Waals surface area contributed by atoms with Crippen molar-refractivity contribution in [3.8, 4) is 0 Å². The highest BCUT2D eigenvalue weighted by atomic mass is 16.3. The molecule has 0 radical (unpaired) electrons. The standard InChI is InChI=1S/C11H15NO/c1-8-2-3-9-5-11(7-13)12-6-10(9)4-8/h2-4,11-13H,5-7H2,1H3. The van der Waals surface area contributed by atoms with Crippen LogP contribution in [0, 0.1) is 6.92 Å². The first-order valence-electron chi connectivity index (χ1n) is 4.72. The van der Waals surface area contributed by atoms with Gasteiger partial charge in [-0.05, 0) is 24.5 Å². The quantitative estimate of drug-likeness (QED) is 0.670. The molecule has 1 aliphatic heterocycles. The number of aliphatic hydroxyl groups is 1. The molecular weight excluding hydrogens is 162 g/mol. The van der Waals surface area contributed by atoms with E-state index in [4.69, 9.17) is 5.11 Å². The van der Waals surface area contributed by atoms with E-state index in [1.165, 1.54) is 16.7 Å². The van der Waals surface area contributed by atoms with Crippen LogP contribution in [0.25, 0.3) is 0 Å². The minimum absolute atomic E-state index is 0.229. The van der Waals surface area contributed by atoms with Gasteiger partial charge in [-0.3, -0.25) is 0 Å². The Kier molecular flexibility index (Phi) is 2.34. The molecule has 0 aromatic heterocycles. The van der Waals surface area contributed by atoms with E-state index >= 15 is 0 Å². The summed E-state index contributed by atoms with van der Waals surface area (Å²) < 4.78 is 0. The van der Waals surface area contributed by atoms with Crippen molar-refractivity contribution in [1.29, 1.82) is 0 Å². The number of benzene rings is 1. The predicted molar refractivity (Wildman–Crippen MR) is 52.6 cm³/mol. The first-order chi connectivity index (χ1) is 6.29. The Morgan fingerprint density at radius 2 is 2.31 bits per heavy atom. The number of nitrogens with one attached hydrogen (secondary N) is 1. The van der Waals surface area contributed by atoms with Gasteiger partial charge in [-0.2, -0.15) is 0 Å². The smallest absolute Gasteiger partial charge is 0.0587 e. The van der Waals surface area contributed by atoms with Crippen LogP contribution in [0.3, 0.4) is 0 Å². The fraction of sp³-hybridized carbons (Fsp3) is 0.455. The van der Waals surface area contributed by atoms with Gasteiger partial charge in [0.05, 0.1) is 6.61 Å². The largest absolute Gasteiger partial charge is 0.395 e. The van der Waals surface area contributed by atoms with Crippen LogP contribution in [-0.4, -0.2) is 17.8 Å². The van der Waals surface area contributed by atoms with Crippen molar-refractivity contribution in [2.75, 3.05) is 6.61 Å². The molecule has 2 rings (SSSR count). The predicted octanol–water partition coefficient (Wildman–Crippen LogP) is 1.00. The Morgan fingerprint density at radius 3 is 3.08 bits per heavy atom. The van der Waals surface area contributed by atoms with Gasteiger partial charge in [0.2, 0.25) is 0 Å². The maximum absolute atomic E-state index is 9.01. The summed E-state index contributed by atoms with van der Waals surface area (Å²) in [5, 5.41) is 12.3. The van der Waals surface area contributed by atoms with Gasteiger partial charge in [-0.25, -0.2) is 0 Å². The van der Waals surface area contributed by atoms with Crippen molar-refractivity contribution in [1.82, 2.24) is 5.32 Å². The first kappa shape index (κ1) is 8.73. The number of rotatable bonds is 1. The summed E-state index contributed by atoms with van der Waals surface area (Å²) in [5.41, 5.74) is 4.07. The summed E-state index contributed by atoms with van der Waals surface area (Å²) in [6.45, 7) is 3.23. The van der Waals surface area contributed by atoms with Crippen LogP contribution in [-0.2, 0) is 13.0 Å². The SMILES string of the molecule is Cc1ccc2c(c1)CNC(CO)C2. The van der Waals surface area contributed by atoms with Gasteiger partial charge in [0.25, 0.3) is 0 Å². The molecule has 0 saturated heterocycles. The Bertz CT molecular complexity index is 309. The molecule has 1 aromatic carbocycles. The lowest BCUT2D eigenvalue weighted by Gasteiger charge is -2.24. The molecule has 2 heteroatoms. The van der Waals surface area contributed by atoms with Crippen LogP contribution < -0.4 is 5.32 Å². The number of fused-ring (bicyclic) bond motifs is 1. The van der Waals surface area contributed by atoms with Crippen molar-refractivity contribution in [2.24, 2.45) is 0 Å². The summed E-state index contributed by atoms with van der Waals surface area (Å²) in [4.78, 5) is 0. The second-order valence-corrected chi connectivity index (χ2v) is 3.74. The van der Waals surface area contributed by atoms with Crippen molar-refractivity contribution in [3.63, 3.8) is 0 Å². The highest BCUT2D eigenvalue weighted by molar-refractivity contribution is 5.33. The van der Waals surface area contributed by atoms with E-state index in [0.29, 0.717) is 0 Å². The van der Waals surface area contributed by atoms with Crippen molar-refractivity contribution in [3.05, 3.63) is 34.9 Å². The molecule has 0 fully saturated rings. The summed E-state index contributed by atoms with van der Waals surface area (Å²) in [5.74, 6) is 0. The Labute approximate surface area is 78.6 Å². The van der Waals surface area contributed by atoms with E-state index in [0.717, 1.165) is 13.0 Å². The molecule has 1 aromatic rings. The number of aryl methyl sites for hydroxylation is 1. The highest BCUT2D eigenvalue weighted by Crippen LogP contribution is 2.17. The third-order valence-electron chi connectivity index (χ3n) is 2.63. The minimum atomic E-state index is 0.229. The molecule has 1 unspecified atom stereocenters. The monoisotopic (exact) mass is 177 g/mol. The zero-order valence-corrected chi connectivity index (χ0v) is 7.88. The van der Waals surface area contributed by atoms with E-state index in [1.54, 1.807) is 0 Å². The van der Waals surface area contributed by atoms with Crippen LogP contribution in [0.2, 0.25) is 0 Å². The van der Waals surface area contributed by atoms with Gasteiger partial charge in [-0.1, -0.05) is 23.8 Å². The van der Waals surface area contributed by atoms with Crippen molar-refractivity contribution >= 4 is 0 Å². The lowest BCUT2D eigenvalue weighted by molar-refractivity contribution is 0.236. The fourth-order valence-electron chi connectivity index (χ4n) is 1.84. The summed E-state index contributed by atoms with van der Waals surface area (Å²) in [6.07, 6.45) is 0.951. The molecule has 0 saturated carbocycles. The van der Waals surface area contributed by atoms with Crippen LogP contribution in [0.5, 0.6) is 0 Å². The van der Waals surface area contributed by atoms with Gasteiger partial charge >= 0.3 is 0 Å². The van der Waals surface area contributed by atoms with Crippen molar-refractivity contribution < 1.29 is 5.11 Å². The highest BCUT2D eigenvalue weighted by Gasteiger charge is 2.16. The normalized spacial score (nSPS) is 21.2. The molecule has 1 atom stereocenters. The molecule has 0 spiro atoms. The summed E-state index contributed by atoms with van der Waals surface area (Å²) in [6, 6.07) is 6.78. The Hall–Kier alpha value is -0.860. The molecule has 13 heavy (non-hydrogen) atoms. The minimum Gasteiger partial charge on any atom is -0.395 e. The fourth-order valence-corrected chi connectivity index (χ4v) is 1.84. The Balaban J connectivity index is 2.26. The zero-order chi connectivity index (χ0) is 9.26. The van der Waals surface area contributed by atoms with Crippen LogP contribution in [0.15, 0.2) is 18.2 Å². The van der Waals surface area contributed by atoms with Gasteiger partial charge < -0.3 is 10.4 Å². The van der Waals surface area contributed by atoms with Gasteiger partial charge in [0.1, 0.15) is 0 Å². The molecule has 70 valence electrons. The van der Waals surface area contributed by atoms with Crippen molar-refractivity contribution in [2.45, 2.75) is 25.9 Å². The van der Waals surface area contributed by atoms with Gasteiger partial charge in [-0.15, -0.1) is 0 Å². The molecule has 0 aliphatic carbocycles. The van der Waals surface area contributed by atoms with E-state index in [9.17, 15) is 0 Å². The van der Waals surface area contributed by atoms with Crippen LogP contribution in [0.4, 0.5) is 0 Å². The lowest BCUT2D eigenvalue weighted by atomic mass is 9.95. The van der Waals surface area contributed by atoms with Gasteiger partial charge in [0, 0.05) is 12.6 Å². The average molecular weight is 177 g/mol. The number of hydrogen-bond donors (Lipinski definition) is 2. The Morgan fingerprint density at radius 1 is 1.46 bits per heavy atom. The number of hydrogen-bond acceptors (Lipinski definition) is 2. The lowest BCUT2D eigenvalue weighted by Crippen LogP contribution is -2.38. The second kappa shape index (κ2) is 3.48. The second-order valence-electron chi connectivity index (χ2n) is 3.74. The molecule has 1 heterocycles. The third kappa shape index (κ3) is 1.74. The first-order valence-corrected chi connectivity index (χ1v) is 4.72. The van der Waals surface area contributed by atoms with Crippen LogP contribution >= 0.6 is 0 Å². The maximum Gasteiger partial charge on any atom is 0.0587 e. The van der Waals surface area contributed by atoms with Gasteiger partial charge in [0.15, 0.2) is 0 Å². The van der Waals surface area contributed by atoms with Crippen LogP contribution in [0.1, 0.15) is 16.7 Å². The maximum atomic E-state index is 9.01. The average Bonchev–Trinajstić information content (AvgIpc) is 2.17. The molecular formula is C11H15NO. The third-order valence-corrected chi connectivity index (χ3v) is 2.63. The summed E-state index contributed by atoms with van der Waals surface area (Å²) >= 11 is 0. The van der Waals surface area contributed by atoms with E-state index in [-0.39, 0.29) is 12.6 Å². The van der Waals surface area contributed by atoms with E-state index < -0.39 is 0 Å². The topological polar surface area (TPSA) is 32.3 Å². The summed E-state index contributed by atoms with van der Waals surface area (Å²) in [7, 11) is 0. The molecule has 1 aliphatic rings. The zero-order valence-electron chi connectivity index (χ0n) is 7.88. The molecule has 2 nitrogen and oxygen atoms in total.